The number of hydrogen-bond donors (Lipinski definition) is 1. The molecule has 0 radical (unpaired) electrons. The molecule has 0 aliphatic heterocycles. The van der Waals surface area contributed by atoms with E-state index in [1.165, 1.54) is 36.2 Å². The summed E-state index contributed by atoms with van der Waals surface area (Å²) in [6.45, 7) is 16.3. The number of aryl methyl sites for hydroxylation is 1. The maximum Gasteiger partial charge on any atom is 0.0226 e. The Morgan fingerprint density at radius 3 is 2.52 bits per heavy atom. The molecule has 1 aromatic rings. The van der Waals surface area contributed by atoms with Crippen molar-refractivity contribution >= 4 is 0 Å². The van der Waals surface area contributed by atoms with Gasteiger partial charge in [-0.25, -0.2) is 0 Å². The summed E-state index contributed by atoms with van der Waals surface area (Å²) in [4.78, 5) is 0. The van der Waals surface area contributed by atoms with Crippen LogP contribution < -0.4 is 5.32 Å². The van der Waals surface area contributed by atoms with E-state index in [0.717, 1.165) is 19.0 Å². The standard InChI is InChI=1S/C19H32N2/c1-7-21-13(2)10-15(14(21)3)12-20-17-18(4,5)16-8-9-19(17,6)11-16/h10,16-17,20H,7-9,11-12H2,1-6H3. The maximum absolute atomic E-state index is 3.95. The molecule has 3 rings (SSSR count). The van der Waals surface area contributed by atoms with E-state index in [0.29, 0.717) is 16.9 Å². The summed E-state index contributed by atoms with van der Waals surface area (Å²) < 4.78 is 2.42. The molecule has 21 heavy (non-hydrogen) atoms. The minimum atomic E-state index is 0.448. The highest BCUT2D eigenvalue weighted by molar-refractivity contribution is 5.27. The lowest BCUT2D eigenvalue weighted by molar-refractivity contribution is 0.108. The van der Waals surface area contributed by atoms with E-state index < -0.39 is 0 Å². The lowest BCUT2D eigenvalue weighted by atomic mass is 9.68. The molecule has 2 saturated carbocycles. The molecule has 0 saturated heterocycles. The van der Waals surface area contributed by atoms with Crippen LogP contribution in [0.3, 0.4) is 0 Å². The van der Waals surface area contributed by atoms with E-state index in [1.54, 1.807) is 0 Å². The molecule has 118 valence electrons. The number of nitrogens with zero attached hydrogens (tertiary/aromatic N) is 1. The third-order valence-corrected chi connectivity index (χ3v) is 6.76. The molecule has 2 bridgehead atoms. The fourth-order valence-electron chi connectivity index (χ4n) is 5.56. The zero-order valence-corrected chi connectivity index (χ0v) is 14.7. The highest BCUT2D eigenvalue weighted by Gasteiger charge is 2.58. The van der Waals surface area contributed by atoms with Gasteiger partial charge >= 0.3 is 0 Å². The van der Waals surface area contributed by atoms with Gasteiger partial charge in [-0.1, -0.05) is 20.8 Å². The maximum atomic E-state index is 3.95. The predicted octanol–water partition coefficient (Wildman–Crippen LogP) is 4.43. The molecule has 0 spiro atoms. The van der Waals surface area contributed by atoms with E-state index in [1.807, 2.05) is 0 Å². The van der Waals surface area contributed by atoms with E-state index in [-0.39, 0.29) is 0 Å². The van der Waals surface area contributed by atoms with Crippen molar-refractivity contribution in [3.63, 3.8) is 0 Å². The molecule has 0 amide bonds. The van der Waals surface area contributed by atoms with Crippen molar-refractivity contribution in [1.82, 2.24) is 9.88 Å². The number of rotatable bonds is 4. The first-order valence-electron chi connectivity index (χ1n) is 8.68. The molecule has 1 N–H and O–H groups in total. The van der Waals surface area contributed by atoms with Crippen molar-refractivity contribution in [3.8, 4) is 0 Å². The molecular weight excluding hydrogens is 256 g/mol. The van der Waals surface area contributed by atoms with Crippen molar-refractivity contribution in [2.24, 2.45) is 16.7 Å². The first-order valence-corrected chi connectivity index (χ1v) is 8.68. The molecular formula is C19H32N2. The average Bonchev–Trinajstić information content (AvgIpc) is 2.97. The minimum Gasteiger partial charge on any atom is -0.349 e. The van der Waals surface area contributed by atoms with Crippen molar-refractivity contribution in [2.75, 3.05) is 0 Å². The van der Waals surface area contributed by atoms with Crippen LogP contribution in [0.1, 0.15) is 63.9 Å². The Hall–Kier alpha value is -0.760. The number of aromatic nitrogens is 1. The Labute approximate surface area is 130 Å². The molecule has 2 heteroatoms. The molecule has 2 nitrogen and oxygen atoms in total. The monoisotopic (exact) mass is 288 g/mol. The van der Waals surface area contributed by atoms with E-state index in [2.05, 4.69) is 57.5 Å². The van der Waals surface area contributed by atoms with Crippen LogP contribution in [0.4, 0.5) is 0 Å². The number of nitrogens with one attached hydrogen (secondary N) is 1. The van der Waals surface area contributed by atoms with Gasteiger partial charge in [-0.2, -0.15) is 0 Å². The van der Waals surface area contributed by atoms with Crippen molar-refractivity contribution in [2.45, 2.75) is 79.9 Å². The van der Waals surface area contributed by atoms with Crippen LogP contribution in [-0.4, -0.2) is 10.6 Å². The summed E-state index contributed by atoms with van der Waals surface area (Å²) in [5, 5.41) is 3.95. The van der Waals surface area contributed by atoms with Crippen LogP contribution in [0, 0.1) is 30.6 Å². The van der Waals surface area contributed by atoms with E-state index >= 15 is 0 Å². The van der Waals surface area contributed by atoms with Gasteiger partial charge < -0.3 is 9.88 Å². The largest absolute Gasteiger partial charge is 0.349 e. The summed E-state index contributed by atoms with van der Waals surface area (Å²) in [5.41, 5.74) is 5.28. The Bertz CT molecular complexity index is 535. The van der Waals surface area contributed by atoms with Crippen molar-refractivity contribution in [3.05, 3.63) is 23.0 Å². The van der Waals surface area contributed by atoms with Gasteiger partial charge in [0.05, 0.1) is 0 Å². The van der Waals surface area contributed by atoms with Gasteiger partial charge in [0.15, 0.2) is 0 Å². The molecule has 1 heterocycles. The molecule has 3 unspecified atom stereocenters. The zero-order chi connectivity index (χ0) is 15.4. The second-order valence-electron chi connectivity index (χ2n) is 8.37. The summed E-state index contributed by atoms with van der Waals surface area (Å²) >= 11 is 0. The molecule has 2 aliphatic rings. The Kier molecular flexibility index (Phi) is 3.52. The van der Waals surface area contributed by atoms with Crippen molar-refractivity contribution < 1.29 is 0 Å². The predicted molar refractivity (Wildman–Crippen MR) is 89.4 cm³/mol. The SMILES string of the molecule is CCn1c(C)cc(CNC2C3(C)CCC(C3)C2(C)C)c1C. The molecule has 0 aromatic carbocycles. The zero-order valence-electron chi connectivity index (χ0n) is 14.7. The van der Waals surface area contributed by atoms with Gasteiger partial charge in [0.25, 0.3) is 0 Å². The second kappa shape index (κ2) is 4.87. The smallest absolute Gasteiger partial charge is 0.0226 e. The highest BCUT2D eigenvalue weighted by Crippen LogP contribution is 2.62. The van der Waals surface area contributed by atoms with Crippen LogP contribution in [0.15, 0.2) is 6.07 Å². The Balaban J connectivity index is 1.76. The summed E-state index contributed by atoms with van der Waals surface area (Å²) in [5.74, 6) is 0.920. The Morgan fingerprint density at radius 1 is 1.29 bits per heavy atom. The van der Waals surface area contributed by atoms with Gasteiger partial charge in [-0.05, 0) is 68.4 Å². The lowest BCUT2D eigenvalue weighted by Gasteiger charge is -2.43. The summed E-state index contributed by atoms with van der Waals surface area (Å²) in [7, 11) is 0. The lowest BCUT2D eigenvalue weighted by Crippen LogP contribution is -2.49. The quantitative estimate of drug-likeness (QED) is 0.867. The fourth-order valence-corrected chi connectivity index (χ4v) is 5.56. The van der Waals surface area contributed by atoms with Gasteiger partial charge in [0.2, 0.25) is 0 Å². The first-order chi connectivity index (χ1) is 9.79. The van der Waals surface area contributed by atoms with Crippen LogP contribution in [0.25, 0.3) is 0 Å². The number of fused-ring (bicyclic) bond motifs is 2. The van der Waals surface area contributed by atoms with Crippen molar-refractivity contribution in [1.29, 1.82) is 0 Å². The summed E-state index contributed by atoms with van der Waals surface area (Å²) in [6.07, 6.45) is 4.27. The number of hydrogen-bond acceptors (Lipinski definition) is 1. The van der Waals surface area contributed by atoms with Gasteiger partial charge in [-0.3, -0.25) is 0 Å². The van der Waals surface area contributed by atoms with Gasteiger partial charge in [0.1, 0.15) is 0 Å². The molecule has 1 aromatic heterocycles. The van der Waals surface area contributed by atoms with Crippen LogP contribution in [-0.2, 0) is 13.1 Å². The van der Waals surface area contributed by atoms with Gasteiger partial charge in [-0.15, -0.1) is 0 Å². The fraction of sp³-hybridized carbons (Fsp3) is 0.789. The molecule has 2 aliphatic carbocycles. The third kappa shape index (κ3) is 2.18. The Morgan fingerprint density at radius 2 is 2.00 bits per heavy atom. The minimum absolute atomic E-state index is 0.448. The van der Waals surface area contributed by atoms with E-state index in [4.69, 9.17) is 0 Å². The van der Waals surface area contributed by atoms with Crippen LogP contribution in [0.2, 0.25) is 0 Å². The molecule has 3 atom stereocenters. The van der Waals surface area contributed by atoms with Gasteiger partial charge in [0, 0.05) is 30.5 Å². The van der Waals surface area contributed by atoms with E-state index in [9.17, 15) is 0 Å². The van der Waals surface area contributed by atoms with Crippen LogP contribution >= 0.6 is 0 Å². The first kappa shape index (κ1) is 15.1. The normalized spacial score (nSPS) is 33.8. The second-order valence-corrected chi connectivity index (χ2v) is 8.37. The third-order valence-electron chi connectivity index (χ3n) is 6.76. The van der Waals surface area contributed by atoms with Crippen LogP contribution in [0.5, 0.6) is 0 Å². The molecule has 2 fully saturated rings. The topological polar surface area (TPSA) is 17.0 Å². The summed E-state index contributed by atoms with van der Waals surface area (Å²) in [6, 6.07) is 3.03. The highest BCUT2D eigenvalue weighted by atomic mass is 15.0. The average molecular weight is 288 g/mol.